The molecule has 0 N–H and O–H groups in total. The van der Waals surface area contributed by atoms with Crippen LogP contribution in [0.3, 0.4) is 0 Å². The van der Waals surface area contributed by atoms with Crippen molar-refractivity contribution in [3.8, 4) is 0 Å². The number of hydrogen-bond acceptors (Lipinski definition) is 2. The van der Waals surface area contributed by atoms with Crippen LogP contribution < -0.4 is 0 Å². The lowest BCUT2D eigenvalue weighted by Crippen LogP contribution is -1.99. The van der Waals surface area contributed by atoms with E-state index in [0.29, 0.717) is 0 Å². The molecule has 0 fully saturated rings. The van der Waals surface area contributed by atoms with Gasteiger partial charge in [-0.2, -0.15) is 0 Å². The summed E-state index contributed by atoms with van der Waals surface area (Å²) in [4.78, 5) is 9.74. The molecule has 0 saturated heterocycles. The average Bonchev–Trinajstić information content (AvgIpc) is 1.68. The standard InChI is InChI=1S/C4H5FO2/c1-2-7-4(6)3-5/h2H,1,3H2. The van der Waals surface area contributed by atoms with Gasteiger partial charge in [0.15, 0.2) is 6.67 Å². The van der Waals surface area contributed by atoms with Crippen molar-refractivity contribution in [1.82, 2.24) is 0 Å². The molecule has 0 radical (unpaired) electrons. The second kappa shape index (κ2) is 3.33. The molecule has 2 nitrogen and oxygen atoms in total. The lowest BCUT2D eigenvalue weighted by Gasteiger charge is -1.86. The maximum atomic E-state index is 11.1. The van der Waals surface area contributed by atoms with Crippen molar-refractivity contribution >= 4 is 5.97 Å². The second-order valence-electron chi connectivity index (χ2n) is 0.790. The normalized spacial score (nSPS) is 7.57. The van der Waals surface area contributed by atoms with Gasteiger partial charge in [0.25, 0.3) is 0 Å². The Bertz CT molecular complexity index is 79.8. The SMILES string of the molecule is C=COC(=O)CF. The Labute approximate surface area is 40.6 Å². The van der Waals surface area contributed by atoms with Gasteiger partial charge in [-0.3, -0.25) is 0 Å². The van der Waals surface area contributed by atoms with Crippen molar-refractivity contribution in [2.75, 3.05) is 6.67 Å². The highest BCUT2D eigenvalue weighted by Crippen LogP contribution is 1.76. The fourth-order valence-electron chi connectivity index (χ4n) is 0.124. The fraction of sp³-hybridized carbons (Fsp3) is 0.250. The molecule has 0 atom stereocenters. The third kappa shape index (κ3) is 2.96. The van der Waals surface area contributed by atoms with Crippen LogP contribution in [0.4, 0.5) is 4.39 Å². The number of esters is 1. The number of ether oxygens (including phenoxy) is 1. The molecular formula is C4H5FO2. The molecule has 0 spiro atoms. The van der Waals surface area contributed by atoms with E-state index in [2.05, 4.69) is 11.3 Å². The van der Waals surface area contributed by atoms with Crippen LogP contribution in [-0.2, 0) is 9.53 Å². The zero-order valence-electron chi connectivity index (χ0n) is 3.69. The summed E-state index contributed by atoms with van der Waals surface area (Å²) in [6.07, 6.45) is 0.891. The number of alkyl halides is 1. The molecule has 0 aromatic rings. The van der Waals surface area contributed by atoms with Gasteiger partial charge < -0.3 is 4.74 Å². The van der Waals surface area contributed by atoms with Crippen molar-refractivity contribution in [3.63, 3.8) is 0 Å². The largest absolute Gasteiger partial charge is 0.433 e. The quantitative estimate of drug-likeness (QED) is 0.379. The molecule has 0 aliphatic rings. The van der Waals surface area contributed by atoms with Gasteiger partial charge >= 0.3 is 5.97 Å². The topological polar surface area (TPSA) is 26.3 Å². The summed E-state index contributed by atoms with van der Waals surface area (Å²) in [5.74, 6) is -0.907. The molecule has 0 aliphatic heterocycles. The molecule has 0 saturated carbocycles. The van der Waals surface area contributed by atoms with Gasteiger partial charge in [-0.05, 0) is 0 Å². The third-order valence-corrected chi connectivity index (χ3v) is 0.324. The van der Waals surface area contributed by atoms with Gasteiger partial charge in [0.05, 0.1) is 6.26 Å². The van der Waals surface area contributed by atoms with E-state index in [1.54, 1.807) is 0 Å². The predicted octanol–water partition coefficient (Wildman–Crippen LogP) is 0.643. The first-order valence-corrected chi connectivity index (χ1v) is 1.67. The molecular weight excluding hydrogens is 99.0 g/mol. The van der Waals surface area contributed by atoms with Crippen molar-refractivity contribution in [3.05, 3.63) is 12.8 Å². The number of hydrogen-bond donors (Lipinski definition) is 0. The van der Waals surface area contributed by atoms with Crippen molar-refractivity contribution < 1.29 is 13.9 Å². The molecule has 0 aromatic heterocycles. The number of carbonyl (C=O) groups excluding carboxylic acids is 1. The molecule has 0 aliphatic carbocycles. The van der Waals surface area contributed by atoms with E-state index in [4.69, 9.17) is 0 Å². The van der Waals surface area contributed by atoms with Crippen molar-refractivity contribution in [2.45, 2.75) is 0 Å². The zero-order valence-corrected chi connectivity index (χ0v) is 3.69. The van der Waals surface area contributed by atoms with Crippen molar-refractivity contribution in [1.29, 1.82) is 0 Å². The van der Waals surface area contributed by atoms with Crippen LogP contribution in [0, 0.1) is 0 Å². The highest BCUT2D eigenvalue weighted by molar-refractivity contribution is 5.70. The first-order chi connectivity index (χ1) is 3.31. The molecule has 7 heavy (non-hydrogen) atoms. The average molecular weight is 104 g/mol. The van der Waals surface area contributed by atoms with Crippen LogP contribution in [0.15, 0.2) is 12.8 Å². The number of carbonyl (C=O) groups is 1. The molecule has 0 bridgehead atoms. The Balaban J connectivity index is 3.17. The fourth-order valence-corrected chi connectivity index (χ4v) is 0.124. The Morgan fingerprint density at radius 3 is 2.71 bits per heavy atom. The summed E-state index contributed by atoms with van der Waals surface area (Å²) in [5, 5.41) is 0. The number of rotatable bonds is 2. The van der Waals surface area contributed by atoms with E-state index in [0.717, 1.165) is 6.26 Å². The van der Waals surface area contributed by atoms with E-state index in [-0.39, 0.29) is 0 Å². The Morgan fingerprint density at radius 1 is 2.00 bits per heavy atom. The van der Waals surface area contributed by atoms with Gasteiger partial charge in [-0.15, -0.1) is 0 Å². The smallest absolute Gasteiger partial charge is 0.342 e. The summed E-state index contributed by atoms with van der Waals surface area (Å²) in [6, 6.07) is 0. The van der Waals surface area contributed by atoms with Gasteiger partial charge in [0.2, 0.25) is 0 Å². The summed E-state index contributed by atoms with van der Waals surface area (Å²) in [7, 11) is 0. The molecule has 0 amide bonds. The van der Waals surface area contributed by atoms with Gasteiger partial charge in [0.1, 0.15) is 0 Å². The Morgan fingerprint density at radius 2 is 2.57 bits per heavy atom. The summed E-state index contributed by atoms with van der Waals surface area (Å²) in [5.41, 5.74) is 0. The van der Waals surface area contributed by atoms with Crippen LogP contribution in [-0.4, -0.2) is 12.6 Å². The lowest BCUT2D eigenvalue weighted by molar-refractivity contribution is -0.138. The molecule has 40 valence electrons. The van der Waals surface area contributed by atoms with Crippen LogP contribution in [0.2, 0.25) is 0 Å². The van der Waals surface area contributed by atoms with E-state index < -0.39 is 12.6 Å². The van der Waals surface area contributed by atoms with E-state index >= 15 is 0 Å². The maximum Gasteiger partial charge on any atom is 0.342 e. The van der Waals surface area contributed by atoms with Gasteiger partial charge in [-0.1, -0.05) is 6.58 Å². The predicted molar refractivity (Wildman–Crippen MR) is 22.3 cm³/mol. The molecule has 0 aromatic carbocycles. The Hall–Kier alpha value is -0.860. The van der Waals surface area contributed by atoms with Crippen LogP contribution in [0.5, 0.6) is 0 Å². The molecule has 0 unspecified atom stereocenters. The Kier molecular flexibility index (Phi) is 2.92. The third-order valence-electron chi connectivity index (χ3n) is 0.324. The van der Waals surface area contributed by atoms with Crippen LogP contribution in [0.1, 0.15) is 0 Å². The van der Waals surface area contributed by atoms with Gasteiger partial charge in [0, 0.05) is 0 Å². The molecule has 0 heterocycles. The van der Waals surface area contributed by atoms with Crippen LogP contribution in [0.25, 0.3) is 0 Å². The van der Waals surface area contributed by atoms with E-state index in [9.17, 15) is 9.18 Å². The summed E-state index contributed by atoms with van der Waals surface area (Å²) < 4.78 is 15.0. The first-order valence-electron chi connectivity index (χ1n) is 1.67. The highest BCUT2D eigenvalue weighted by atomic mass is 19.1. The number of halogens is 1. The van der Waals surface area contributed by atoms with E-state index in [1.165, 1.54) is 0 Å². The first kappa shape index (κ1) is 6.14. The minimum atomic E-state index is -1.09. The summed E-state index contributed by atoms with van der Waals surface area (Å²) in [6.45, 7) is 1.95. The van der Waals surface area contributed by atoms with Gasteiger partial charge in [-0.25, -0.2) is 9.18 Å². The van der Waals surface area contributed by atoms with Crippen molar-refractivity contribution in [2.24, 2.45) is 0 Å². The minimum Gasteiger partial charge on any atom is -0.433 e. The molecule has 0 rings (SSSR count). The highest BCUT2D eigenvalue weighted by Gasteiger charge is 1.93. The zero-order chi connectivity index (χ0) is 5.70. The summed E-state index contributed by atoms with van der Waals surface area (Å²) >= 11 is 0. The van der Waals surface area contributed by atoms with E-state index in [1.807, 2.05) is 0 Å². The maximum absolute atomic E-state index is 11.1. The monoisotopic (exact) mass is 104 g/mol. The molecule has 3 heteroatoms. The minimum absolute atomic E-state index is 0.891. The second-order valence-corrected chi connectivity index (χ2v) is 0.790. The lowest BCUT2D eigenvalue weighted by atomic mass is 10.8. The van der Waals surface area contributed by atoms with Crippen LogP contribution >= 0.6 is 0 Å².